The van der Waals surface area contributed by atoms with E-state index in [9.17, 15) is 9.59 Å². The number of imidazole rings is 1. The number of hydrogen-bond donors (Lipinski definition) is 2. The van der Waals surface area contributed by atoms with Crippen LogP contribution >= 0.6 is 11.6 Å². The molecule has 1 aromatic heterocycles. The van der Waals surface area contributed by atoms with Crippen molar-refractivity contribution < 1.29 is 9.59 Å². The summed E-state index contributed by atoms with van der Waals surface area (Å²) in [6, 6.07) is 14.2. The van der Waals surface area contributed by atoms with Crippen molar-refractivity contribution in [1.82, 2.24) is 20.2 Å². The van der Waals surface area contributed by atoms with Crippen molar-refractivity contribution in [3.05, 3.63) is 59.1 Å². The molecule has 1 unspecified atom stereocenters. The third kappa shape index (κ3) is 4.51. The highest BCUT2D eigenvalue weighted by molar-refractivity contribution is 6.31. The number of amides is 3. The van der Waals surface area contributed by atoms with Crippen LogP contribution < -0.4 is 15.5 Å². The van der Waals surface area contributed by atoms with Crippen LogP contribution in [-0.2, 0) is 17.9 Å². The molecule has 0 spiro atoms. The third-order valence-electron chi connectivity index (χ3n) is 5.40. The number of para-hydroxylation sites is 2. The number of halogens is 1. The summed E-state index contributed by atoms with van der Waals surface area (Å²) in [5, 5.41) is 6.42. The van der Waals surface area contributed by atoms with Gasteiger partial charge in [-0.3, -0.25) is 9.69 Å². The SMILES string of the molecule is CC(C)CC(NC(=O)N1CCn2c1nc1ccccc12)C(=O)NCc1ccccc1Cl. The smallest absolute Gasteiger partial charge is 0.324 e. The average molecular weight is 440 g/mol. The number of benzene rings is 2. The van der Waals surface area contributed by atoms with E-state index < -0.39 is 6.04 Å². The fourth-order valence-electron chi connectivity index (χ4n) is 3.86. The minimum Gasteiger partial charge on any atom is -0.350 e. The molecule has 0 aliphatic carbocycles. The van der Waals surface area contributed by atoms with E-state index in [-0.39, 0.29) is 17.9 Å². The zero-order chi connectivity index (χ0) is 22.0. The van der Waals surface area contributed by atoms with Crippen LogP contribution in [0.15, 0.2) is 48.5 Å². The van der Waals surface area contributed by atoms with Crippen LogP contribution in [0.3, 0.4) is 0 Å². The summed E-state index contributed by atoms with van der Waals surface area (Å²) in [4.78, 5) is 32.2. The average Bonchev–Trinajstić information content (AvgIpc) is 3.31. The van der Waals surface area contributed by atoms with Gasteiger partial charge in [-0.25, -0.2) is 9.78 Å². The Morgan fingerprint density at radius 3 is 2.61 bits per heavy atom. The number of fused-ring (bicyclic) bond motifs is 3. The molecule has 0 saturated heterocycles. The van der Waals surface area contributed by atoms with Gasteiger partial charge in [0.05, 0.1) is 11.0 Å². The van der Waals surface area contributed by atoms with Crippen molar-refractivity contribution in [3.63, 3.8) is 0 Å². The van der Waals surface area contributed by atoms with Crippen molar-refractivity contribution in [3.8, 4) is 0 Å². The first-order chi connectivity index (χ1) is 14.9. The number of anilines is 1. The fraction of sp³-hybridized carbons (Fsp3) is 0.348. The van der Waals surface area contributed by atoms with Gasteiger partial charge in [-0.15, -0.1) is 0 Å². The van der Waals surface area contributed by atoms with E-state index in [0.717, 1.165) is 16.6 Å². The zero-order valence-corrected chi connectivity index (χ0v) is 18.4. The maximum Gasteiger partial charge on any atom is 0.324 e. The number of rotatable bonds is 6. The number of hydrogen-bond acceptors (Lipinski definition) is 3. The molecule has 2 N–H and O–H groups in total. The lowest BCUT2D eigenvalue weighted by atomic mass is 10.0. The highest BCUT2D eigenvalue weighted by atomic mass is 35.5. The molecule has 8 heteroatoms. The Kier molecular flexibility index (Phi) is 6.13. The van der Waals surface area contributed by atoms with Crippen LogP contribution in [0.25, 0.3) is 11.0 Å². The van der Waals surface area contributed by atoms with Gasteiger partial charge in [-0.1, -0.05) is 55.8 Å². The van der Waals surface area contributed by atoms with E-state index in [0.29, 0.717) is 37.0 Å². The standard InChI is InChI=1S/C23H26ClN5O2/c1-15(2)13-19(21(30)25-14-16-7-3-4-8-17(16)24)27-23(31)29-12-11-28-20-10-6-5-9-18(20)26-22(28)29/h3-10,15,19H,11-14H2,1-2H3,(H,25,30)(H,27,31). The van der Waals surface area contributed by atoms with Crippen LogP contribution in [0.5, 0.6) is 0 Å². The lowest BCUT2D eigenvalue weighted by molar-refractivity contribution is -0.123. The van der Waals surface area contributed by atoms with Crippen molar-refractivity contribution in [2.75, 3.05) is 11.4 Å². The summed E-state index contributed by atoms with van der Waals surface area (Å²) in [6.45, 7) is 5.56. The number of carbonyl (C=O) groups excluding carboxylic acids is 2. The molecule has 3 amide bonds. The lowest BCUT2D eigenvalue weighted by Gasteiger charge is -2.23. The van der Waals surface area contributed by atoms with Crippen LogP contribution in [0.2, 0.25) is 5.02 Å². The van der Waals surface area contributed by atoms with Crippen LogP contribution in [0.4, 0.5) is 10.7 Å². The van der Waals surface area contributed by atoms with E-state index in [1.54, 1.807) is 11.0 Å². The predicted octanol–water partition coefficient (Wildman–Crippen LogP) is 3.95. The molecule has 2 aromatic carbocycles. The molecule has 1 aliphatic heterocycles. The van der Waals surface area contributed by atoms with Crippen molar-refractivity contribution in [2.45, 2.75) is 39.4 Å². The third-order valence-corrected chi connectivity index (χ3v) is 5.77. The first-order valence-electron chi connectivity index (χ1n) is 10.5. The molecule has 2 heterocycles. The Bertz CT molecular complexity index is 1110. The quantitative estimate of drug-likeness (QED) is 0.610. The largest absolute Gasteiger partial charge is 0.350 e. The molecular weight excluding hydrogens is 414 g/mol. The molecule has 0 bridgehead atoms. The highest BCUT2D eigenvalue weighted by Gasteiger charge is 2.31. The second kappa shape index (κ2) is 8.98. The number of aromatic nitrogens is 2. The molecule has 7 nitrogen and oxygen atoms in total. The number of nitrogens with zero attached hydrogens (tertiary/aromatic N) is 3. The zero-order valence-electron chi connectivity index (χ0n) is 17.6. The Morgan fingerprint density at radius 1 is 1.10 bits per heavy atom. The van der Waals surface area contributed by atoms with E-state index in [1.807, 2.05) is 60.9 Å². The van der Waals surface area contributed by atoms with Gasteiger partial charge >= 0.3 is 6.03 Å². The minimum absolute atomic E-state index is 0.227. The van der Waals surface area contributed by atoms with E-state index in [1.165, 1.54) is 0 Å². The lowest BCUT2D eigenvalue weighted by Crippen LogP contribution is -2.51. The van der Waals surface area contributed by atoms with E-state index >= 15 is 0 Å². The van der Waals surface area contributed by atoms with Gasteiger partial charge in [0.1, 0.15) is 6.04 Å². The summed E-state index contributed by atoms with van der Waals surface area (Å²) in [5.41, 5.74) is 2.69. The topological polar surface area (TPSA) is 79.3 Å². The first-order valence-corrected chi connectivity index (χ1v) is 10.9. The first kappa shape index (κ1) is 21.2. The second-order valence-corrected chi connectivity index (χ2v) is 8.55. The summed E-state index contributed by atoms with van der Waals surface area (Å²) in [6.07, 6.45) is 0.532. The molecule has 1 atom stereocenters. The summed E-state index contributed by atoms with van der Waals surface area (Å²) < 4.78 is 2.03. The number of nitrogens with one attached hydrogen (secondary N) is 2. The predicted molar refractivity (Wildman–Crippen MR) is 122 cm³/mol. The maximum atomic E-state index is 13.1. The van der Waals surface area contributed by atoms with E-state index in [4.69, 9.17) is 11.6 Å². The molecule has 3 aromatic rings. The van der Waals surface area contributed by atoms with Crippen LogP contribution in [-0.4, -0.2) is 34.1 Å². The van der Waals surface area contributed by atoms with Crippen LogP contribution in [0.1, 0.15) is 25.8 Å². The summed E-state index contributed by atoms with van der Waals surface area (Å²) in [5.74, 6) is 0.618. The molecule has 0 radical (unpaired) electrons. The van der Waals surface area contributed by atoms with Gasteiger partial charge in [-0.05, 0) is 36.1 Å². The van der Waals surface area contributed by atoms with Crippen LogP contribution in [0, 0.1) is 5.92 Å². The Balaban J connectivity index is 1.46. The second-order valence-electron chi connectivity index (χ2n) is 8.14. The van der Waals surface area contributed by atoms with Gasteiger partial charge < -0.3 is 15.2 Å². The van der Waals surface area contributed by atoms with Gasteiger partial charge in [0.25, 0.3) is 0 Å². The molecule has 31 heavy (non-hydrogen) atoms. The van der Waals surface area contributed by atoms with Gasteiger partial charge in [0.15, 0.2) is 0 Å². The highest BCUT2D eigenvalue weighted by Crippen LogP contribution is 2.27. The monoisotopic (exact) mass is 439 g/mol. The van der Waals surface area contributed by atoms with Gasteiger partial charge in [0.2, 0.25) is 11.9 Å². The Hall–Kier alpha value is -3.06. The molecule has 1 aliphatic rings. The normalized spacial score (nSPS) is 14.0. The summed E-state index contributed by atoms with van der Waals surface area (Å²) in [7, 11) is 0. The fourth-order valence-corrected chi connectivity index (χ4v) is 4.06. The molecule has 4 rings (SSSR count). The Morgan fingerprint density at radius 2 is 1.84 bits per heavy atom. The van der Waals surface area contributed by atoms with E-state index in [2.05, 4.69) is 15.6 Å². The number of carbonyl (C=O) groups is 2. The number of urea groups is 1. The molecule has 0 fully saturated rings. The maximum absolute atomic E-state index is 13.1. The molecule has 0 saturated carbocycles. The molecular formula is C23H26ClN5O2. The summed E-state index contributed by atoms with van der Waals surface area (Å²) >= 11 is 6.19. The van der Waals surface area contributed by atoms with Crippen molar-refractivity contribution >= 4 is 40.5 Å². The van der Waals surface area contributed by atoms with Gasteiger partial charge in [-0.2, -0.15) is 0 Å². The Labute approximate surface area is 186 Å². The van der Waals surface area contributed by atoms with Crippen molar-refractivity contribution in [2.24, 2.45) is 5.92 Å². The molecule has 162 valence electrons. The minimum atomic E-state index is -0.645. The van der Waals surface area contributed by atoms with Gasteiger partial charge in [0, 0.05) is 24.7 Å². The van der Waals surface area contributed by atoms with Crippen molar-refractivity contribution in [1.29, 1.82) is 0 Å².